The summed E-state index contributed by atoms with van der Waals surface area (Å²) >= 11 is 0. The molecule has 1 fully saturated rings. The maximum atomic E-state index is 10.4. The number of carbonyl (C=O) groups is 9. The molecule has 0 saturated carbocycles. The zero-order chi connectivity index (χ0) is 64.2. The van der Waals surface area contributed by atoms with Gasteiger partial charge in [-0.25, -0.2) is 4.98 Å². The number of aromatic nitrogens is 2. The second-order valence-electron chi connectivity index (χ2n) is 18.0. The largest absolute Gasteiger partial charge is 0.508 e. The molecule has 2 heterocycles. The molecular formula is C50H85N13O19. The Morgan fingerprint density at radius 3 is 1.35 bits per heavy atom. The van der Waals surface area contributed by atoms with E-state index in [9.17, 15) is 43.2 Å². The lowest BCUT2D eigenvalue weighted by Crippen LogP contribution is -2.36. The van der Waals surface area contributed by atoms with Gasteiger partial charge in [0.1, 0.15) is 54.1 Å². The molecule has 0 aliphatic carbocycles. The molecule has 1 aliphatic rings. The van der Waals surface area contributed by atoms with Crippen LogP contribution < -0.4 is 56.9 Å². The predicted molar refractivity (Wildman–Crippen MR) is 299 cm³/mol. The van der Waals surface area contributed by atoms with Gasteiger partial charge in [0.25, 0.3) is 0 Å². The van der Waals surface area contributed by atoms with Crippen LogP contribution in [-0.2, 0) is 62.4 Å². The van der Waals surface area contributed by atoms with E-state index in [1.54, 1.807) is 32.2 Å². The second-order valence-corrected chi connectivity index (χ2v) is 18.0. The number of nitrogens with two attached hydrogens (primary N) is 9. The summed E-state index contributed by atoms with van der Waals surface area (Å²) in [4.78, 5) is 101. The summed E-state index contributed by atoms with van der Waals surface area (Å²) in [5, 5.41) is 86.6. The zero-order valence-corrected chi connectivity index (χ0v) is 46.1. The first-order valence-corrected chi connectivity index (χ1v) is 24.9. The topological polar surface area (TPSA) is 643 Å². The lowest BCUT2D eigenvalue weighted by Gasteiger charge is -2.11. The summed E-state index contributed by atoms with van der Waals surface area (Å²) in [7, 11) is 0. The third-order valence-corrected chi connectivity index (χ3v) is 10.5. The molecule has 32 heteroatoms. The quantitative estimate of drug-likeness (QED) is 0.0277. The molecule has 1 aromatic heterocycles. The number of benzene rings is 2. The van der Waals surface area contributed by atoms with Crippen LogP contribution in [0.5, 0.6) is 5.75 Å². The number of guanidine groups is 1. The first-order valence-electron chi connectivity index (χ1n) is 24.9. The minimum Gasteiger partial charge on any atom is -0.508 e. The highest BCUT2D eigenvalue weighted by Gasteiger charge is 2.21. The molecule has 0 amide bonds. The molecule has 9 atom stereocenters. The van der Waals surface area contributed by atoms with E-state index in [1.165, 1.54) is 18.5 Å². The fraction of sp³-hybridized carbons (Fsp3) is 0.500. The van der Waals surface area contributed by atoms with Crippen molar-refractivity contribution in [1.82, 2.24) is 15.3 Å². The molecule has 3 aromatic rings. The molecule has 2 aromatic carbocycles. The van der Waals surface area contributed by atoms with Crippen LogP contribution in [0.15, 0.2) is 72.1 Å². The first-order chi connectivity index (χ1) is 38.0. The van der Waals surface area contributed by atoms with Crippen molar-refractivity contribution < 1.29 is 94.2 Å². The normalized spacial score (nSPS) is 14.6. The Labute approximate surface area is 473 Å². The van der Waals surface area contributed by atoms with Crippen molar-refractivity contribution in [3.63, 3.8) is 0 Å². The number of rotatable bonds is 23. The fourth-order valence-electron chi connectivity index (χ4n) is 5.25. The van der Waals surface area contributed by atoms with E-state index < -0.39 is 102 Å². The summed E-state index contributed by atoms with van der Waals surface area (Å²) in [6, 6.07) is 9.33. The van der Waals surface area contributed by atoms with Crippen molar-refractivity contribution in [2.45, 2.75) is 134 Å². The van der Waals surface area contributed by atoms with Crippen LogP contribution in [0.2, 0.25) is 0 Å². The van der Waals surface area contributed by atoms with E-state index in [4.69, 9.17) is 103 Å². The Balaban J connectivity index is -0.000000427. The van der Waals surface area contributed by atoms with Crippen molar-refractivity contribution >= 4 is 59.7 Å². The molecule has 32 nitrogen and oxygen atoms in total. The standard InChI is InChI=1S/C9H11NO3.C9H11NO2.C6H14N4O2.C6H9N3O2.C6H13NO2.C5H9NO2.C5H11NO2.C4H7NO4/c10-8(9(12)13)5-6-1-3-7(11)4-2-6;10-8(9(11)12)6-7-4-2-1-3-5-7;7-4(5(11)12)2-1-3-10-6(8)9;7-5(6(10)11)1-4-2-8-3-9-4;1-3-4(2)5(7)6(8)9;7-5(8)4-2-1-3-6-4;1-3(2)4(6)5(7)8;5-2(4(8)9)1-3(6)7/h1-4,8,11H,5,10H2,(H,12,13);1-5,8H,6,10H2,(H,11,12);4H,1-3,7H2,(H,11,12)(H4,8,9,10);2-3,5H,1,7H2,(H,8,9)(H,10,11);4-5H,3,7H2,1-2H3,(H,8,9);4,6H,1-3H2,(H,7,8);3-4H,6H2,1-2H3,(H,7,8);2H,1,5H2,(H,6,7)(H,8,9)/t2*8-;4-;5-;4-,5-;2*4-;2-/m00000000/s1. The van der Waals surface area contributed by atoms with Gasteiger partial charge in [-0.1, -0.05) is 76.6 Å². The summed E-state index contributed by atoms with van der Waals surface area (Å²) in [5.41, 5.74) is 49.0. The van der Waals surface area contributed by atoms with Gasteiger partial charge in [0, 0.05) is 24.9 Å². The van der Waals surface area contributed by atoms with Gasteiger partial charge in [-0.05, 0) is 80.2 Å². The summed E-state index contributed by atoms with van der Waals surface area (Å²) in [6.45, 7) is 8.59. The van der Waals surface area contributed by atoms with E-state index in [1.807, 2.05) is 44.2 Å². The Morgan fingerprint density at radius 2 is 1.06 bits per heavy atom. The van der Waals surface area contributed by atoms with E-state index in [0.29, 0.717) is 25.8 Å². The van der Waals surface area contributed by atoms with Crippen LogP contribution in [0.3, 0.4) is 0 Å². The highest BCUT2D eigenvalue weighted by molar-refractivity contribution is 5.80. The average molecular weight is 1170 g/mol. The number of nitrogens with zero attached hydrogens (tertiary/aromatic N) is 2. The number of H-pyrrole nitrogens is 1. The maximum absolute atomic E-state index is 10.4. The molecule has 1 saturated heterocycles. The molecule has 1 aliphatic heterocycles. The molecule has 0 radical (unpaired) electrons. The van der Waals surface area contributed by atoms with Crippen LogP contribution >= 0.6 is 0 Å². The average Bonchev–Trinajstić information content (AvgIpc) is 4.15. The number of aliphatic carboxylic acids is 9. The van der Waals surface area contributed by atoms with Gasteiger partial charge in [-0.15, -0.1) is 0 Å². The van der Waals surface area contributed by atoms with E-state index in [0.717, 1.165) is 42.6 Å². The van der Waals surface area contributed by atoms with Crippen molar-refractivity contribution in [3.05, 3.63) is 83.9 Å². The SMILES string of the molecule is CC(C)[C@H](N)C(=O)O.CC[C@H](C)[C@H](N)C(=O)O.NC(N)=NCCC[C@H](N)C(=O)O.N[C@@H](CC(=O)O)C(=O)O.N[C@@H](Cc1ccc(O)cc1)C(=O)O.N[C@@H](Cc1ccccc1)C(=O)O.N[C@@H](Cc1cnc[nH]1)C(=O)O.O=C(O)[C@@H]1CCCN1. The summed E-state index contributed by atoms with van der Waals surface area (Å²) in [6.07, 6.45) is 7.01. The van der Waals surface area contributed by atoms with Gasteiger partial charge >= 0.3 is 53.7 Å². The van der Waals surface area contributed by atoms with Crippen LogP contribution in [-0.4, -0.2) is 182 Å². The van der Waals surface area contributed by atoms with Crippen molar-refractivity contribution in [3.8, 4) is 5.75 Å². The summed E-state index contributed by atoms with van der Waals surface area (Å²) in [5.74, 6) is -8.78. The number of aromatic amines is 1. The van der Waals surface area contributed by atoms with Gasteiger partial charge in [0.15, 0.2) is 5.96 Å². The highest BCUT2D eigenvalue weighted by Crippen LogP contribution is 2.11. The van der Waals surface area contributed by atoms with Crippen LogP contribution in [0.4, 0.5) is 0 Å². The van der Waals surface area contributed by atoms with Crippen molar-refractivity contribution in [2.75, 3.05) is 13.1 Å². The molecule has 464 valence electrons. The second kappa shape index (κ2) is 46.4. The lowest BCUT2D eigenvalue weighted by molar-refractivity contribution is -0.144. The van der Waals surface area contributed by atoms with Gasteiger partial charge < -0.3 is 113 Å². The Kier molecular flexibility index (Phi) is 45.3. The van der Waals surface area contributed by atoms with Crippen molar-refractivity contribution in [1.29, 1.82) is 0 Å². The number of phenolic OH excluding ortho intramolecular Hbond substituents is 1. The summed E-state index contributed by atoms with van der Waals surface area (Å²) < 4.78 is 0. The molecular weight excluding hydrogens is 1090 g/mol. The molecule has 30 N–H and O–H groups in total. The zero-order valence-electron chi connectivity index (χ0n) is 46.1. The number of aliphatic imine (C=N–C) groups is 1. The minimum atomic E-state index is -1.29. The van der Waals surface area contributed by atoms with Crippen LogP contribution in [0.1, 0.15) is 83.0 Å². The number of carboxylic acid groups (broad SMARTS) is 9. The Hall–Kier alpha value is -8.37. The number of carboxylic acids is 9. The highest BCUT2D eigenvalue weighted by atomic mass is 16.4. The lowest BCUT2D eigenvalue weighted by atomic mass is 10.0. The number of imidazole rings is 1. The minimum absolute atomic E-state index is 0.0129. The van der Waals surface area contributed by atoms with Gasteiger partial charge in [-0.2, -0.15) is 0 Å². The monoisotopic (exact) mass is 1170 g/mol. The molecule has 0 unspecified atom stereocenters. The van der Waals surface area contributed by atoms with E-state index in [-0.39, 0.29) is 42.4 Å². The third-order valence-electron chi connectivity index (χ3n) is 10.5. The number of hydrogen-bond acceptors (Lipinski definition) is 20. The fourth-order valence-corrected chi connectivity index (χ4v) is 5.25. The maximum Gasteiger partial charge on any atom is 0.321 e. The molecule has 82 heavy (non-hydrogen) atoms. The van der Waals surface area contributed by atoms with Gasteiger partial charge in [0.2, 0.25) is 0 Å². The Bertz CT molecular complexity index is 2310. The van der Waals surface area contributed by atoms with Crippen LogP contribution in [0, 0.1) is 11.8 Å². The van der Waals surface area contributed by atoms with E-state index >= 15 is 0 Å². The third kappa shape index (κ3) is 45.5. The number of nitrogens with one attached hydrogen (secondary N) is 2. The number of hydrogen-bond donors (Lipinski definition) is 21. The van der Waals surface area contributed by atoms with Gasteiger partial charge in [0.05, 0.1) is 12.7 Å². The van der Waals surface area contributed by atoms with Crippen LogP contribution in [0.25, 0.3) is 0 Å². The number of phenols is 1. The molecule has 0 bridgehead atoms. The van der Waals surface area contributed by atoms with Crippen molar-refractivity contribution in [2.24, 2.45) is 68.4 Å². The predicted octanol–water partition coefficient (Wildman–Crippen LogP) is -2.00. The molecule has 4 rings (SSSR count). The number of aromatic hydroxyl groups is 1. The van der Waals surface area contributed by atoms with Gasteiger partial charge in [-0.3, -0.25) is 48.1 Å². The molecule has 0 spiro atoms. The first kappa shape index (κ1) is 80.1. The van der Waals surface area contributed by atoms with E-state index in [2.05, 4.69) is 20.3 Å². The smallest absolute Gasteiger partial charge is 0.321 e. The Morgan fingerprint density at radius 1 is 0.610 bits per heavy atom.